The molecule has 2 nitrogen and oxygen atoms in total. The van der Waals surface area contributed by atoms with E-state index in [2.05, 4.69) is 25.9 Å². The molecular formula is C13H11BrCl2N2S. The molecule has 0 radical (unpaired) electrons. The molecule has 19 heavy (non-hydrogen) atoms. The van der Waals surface area contributed by atoms with Gasteiger partial charge in [-0.1, -0.05) is 36.2 Å². The van der Waals surface area contributed by atoms with Crippen LogP contribution in [0.1, 0.15) is 18.4 Å². The van der Waals surface area contributed by atoms with Gasteiger partial charge in [0.15, 0.2) is 0 Å². The monoisotopic (exact) mass is 376 g/mol. The average Bonchev–Trinajstić information content (AvgIpc) is 2.40. The van der Waals surface area contributed by atoms with Crippen LogP contribution in [-0.2, 0) is 12.2 Å². The molecule has 0 saturated heterocycles. The molecule has 6 heteroatoms. The van der Waals surface area contributed by atoms with Crippen LogP contribution in [0.15, 0.2) is 33.6 Å². The highest BCUT2D eigenvalue weighted by Gasteiger charge is 2.09. The molecule has 0 saturated carbocycles. The van der Waals surface area contributed by atoms with Crippen molar-refractivity contribution in [1.82, 2.24) is 9.97 Å². The maximum absolute atomic E-state index is 6.08. The minimum absolute atomic E-state index is 0.466. The molecule has 0 N–H and O–H groups in total. The first-order valence-corrected chi connectivity index (χ1v) is 8.22. The maximum atomic E-state index is 6.08. The van der Waals surface area contributed by atoms with E-state index in [1.54, 1.807) is 11.8 Å². The Bertz CT molecular complexity index is 593. The second-order valence-corrected chi connectivity index (χ2v) is 6.43. The Balaban J connectivity index is 2.13. The van der Waals surface area contributed by atoms with E-state index in [1.807, 2.05) is 31.2 Å². The van der Waals surface area contributed by atoms with Gasteiger partial charge in [0.05, 0.1) is 15.9 Å². The molecule has 1 heterocycles. The summed E-state index contributed by atoms with van der Waals surface area (Å²) in [4.78, 5) is 9.86. The Kier molecular flexibility index (Phi) is 5.51. The van der Waals surface area contributed by atoms with Gasteiger partial charge in [0.1, 0.15) is 11.0 Å². The molecule has 0 bridgehead atoms. The van der Waals surface area contributed by atoms with Crippen LogP contribution in [0.2, 0.25) is 10.2 Å². The van der Waals surface area contributed by atoms with Crippen molar-refractivity contribution in [3.05, 3.63) is 50.4 Å². The van der Waals surface area contributed by atoms with Gasteiger partial charge in [0.2, 0.25) is 0 Å². The van der Waals surface area contributed by atoms with Gasteiger partial charge < -0.3 is 0 Å². The number of hydrogen-bond acceptors (Lipinski definition) is 3. The highest BCUT2D eigenvalue weighted by Crippen LogP contribution is 2.27. The summed E-state index contributed by atoms with van der Waals surface area (Å²) in [6.45, 7) is 2.04. The molecule has 1 aromatic heterocycles. The first kappa shape index (κ1) is 15.1. The van der Waals surface area contributed by atoms with Gasteiger partial charge in [-0.3, -0.25) is 0 Å². The molecule has 0 spiro atoms. The minimum atomic E-state index is 0.466. The van der Waals surface area contributed by atoms with Crippen molar-refractivity contribution in [3.8, 4) is 0 Å². The van der Waals surface area contributed by atoms with E-state index in [0.717, 1.165) is 32.3 Å². The van der Waals surface area contributed by atoms with Crippen LogP contribution in [0, 0.1) is 0 Å². The van der Waals surface area contributed by atoms with Crippen molar-refractivity contribution in [3.63, 3.8) is 0 Å². The predicted molar refractivity (Wildman–Crippen MR) is 85.1 cm³/mol. The molecule has 0 atom stereocenters. The van der Waals surface area contributed by atoms with E-state index < -0.39 is 0 Å². The largest absolute Gasteiger partial charge is 0.236 e. The summed E-state index contributed by atoms with van der Waals surface area (Å²) in [7, 11) is 0. The lowest BCUT2D eigenvalue weighted by Gasteiger charge is -2.06. The zero-order valence-electron chi connectivity index (χ0n) is 10.2. The summed E-state index contributed by atoms with van der Waals surface area (Å²) in [5.41, 5.74) is 0.932. The Morgan fingerprint density at radius 1 is 1.26 bits per heavy atom. The second kappa shape index (κ2) is 6.93. The number of aryl methyl sites for hydroxylation is 1. The number of benzene rings is 1. The van der Waals surface area contributed by atoms with E-state index in [0.29, 0.717) is 10.9 Å². The molecule has 0 aliphatic rings. The van der Waals surface area contributed by atoms with E-state index >= 15 is 0 Å². The molecule has 1 aromatic carbocycles. The number of thioether (sulfide) groups is 1. The van der Waals surface area contributed by atoms with Crippen LogP contribution in [0.5, 0.6) is 0 Å². The van der Waals surface area contributed by atoms with Gasteiger partial charge in [-0.2, -0.15) is 0 Å². The molecule has 0 unspecified atom stereocenters. The molecule has 100 valence electrons. The second-order valence-electron chi connectivity index (χ2n) is 3.79. The minimum Gasteiger partial charge on any atom is -0.236 e. The van der Waals surface area contributed by atoms with E-state index in [-0.39, 0.29) is 0 Å². The third-order valence-electron chi connectivity index (χ3n) is 2.42. The van der Waals surface area contributed by atoms with Crippen molar-refractivity contribution >= 4 is 50.9 Å². The quantitative estimate of drug-likeness (QED) is 0.526. The summed E-state index contributed by atoms with van der Waals surface area (Å²) in [5.74, 6) is 1.40. The fourth-order valence-electron chi connectivity index (χ4n) is 1.51. The van der Waals surface area contributed by atoms with E-state index in [4.69, 9.17) is 23.2 Å². The number of rotatable bonds is 4. The van der Waals surface area contributed by atoms with Crippen molar-refractivity contribution < 1.29 is 0 Å². The highest BCUT2D eigenvalue weighted by molar-refractivity contribution is 9.10. The summed E-state index contributed by atoms with van der Waals surface area (Å²) in [6, 6.07) is 7.72. The Morgan fingerprint density at radius 3 is 2.74 bits per heavy atom. The molecule has 0 aliphatic carbocycles. The number of aromatic nitrogens is 2. The van der Waals surface area contributed by atoms with Crippen LogP contribution in [0.4, 0.5) is 0 Å². The maximum Gasteiger partial charge on any atom is 0.147 e. The Morgan fingerprint density at radius 2 is 2.05 bits per heavy atom. The van der Waals surface area contributed by atoms with Crippen LogP contribution in [0.25, 0.3) is 0 Å². The molecule has 2 rings (SSSR count). The average molecular weight is 378 g/mol. The smallest absolute Gasteiger partial charge is 0.147 e. The summed E-state index contributed by atoms with van der Waals surface area (Å²) in [6.07, 6.45) is 0.817. The molecule has 0 amide bonds. The zero-order chi connectivity index (χ0) is 13.8. The van der Waals surface area contributed by atoms with Gasteiger partial charge in [-0.15, -0.1) is 11.8 Å². The molecule has 0 fully saturated rings. The summed E-state index contributed by atoms with van der Waals surface area (Å²) < 4.78 is 0.785. The Labute approximate surface area is 135 Å². The van der Waals surface area contributed by atoms with Gasteiger partial charge in [-0.05, 0) is 40.5 Å². The summed E-state index contributed by atoms with van der Waals surface area (Å²) >= 11 is 17.1. The Hall–Kier alpha value is -0.290. The van der Waals surface area contributed by atoms with Gasteiger partial charge in [0, 0.05) is 9.92 Å². The molecule has 0 aliphatic heterocycles. The lowest BCUT2D eigenvalue weighted by atomic mass is 10.3. The highest BCUT2D eigenvalue weighted by atomic mass is 79.9. The number of nitrogens with zero attached hydrogens (tertiary/aromatic N) is 2. The normalized spacial score (nSPS) is 10.7. The SMILES string of the molecule is CCc1nc(CSc2cccc(Cl)c2)nc(Cl)c1Br. The topological polar surface area (TPSA) is 25.8 Å². The van der Waals surface area contributed by atoms with Crippen LogP contribution in [0.3, 0.4) is 0 Å². The molecular weight excluding hydrogens is 367 g/mol. The standard InChI is InChI=1S/C13H11BrCl2N2S/c1-2-10-12(14)13(16)18-11(17-10)7-19-9-5-3-4-8(15)6-9/h3-6H,2,7H2,1H3. The van der Waals surface area contributed by atoms with Crippen LogP contribution < -0.4 is 0 Å². The van der Waals surface area contributed by atoms with Crippen molar-refractivity contribution in [2.24, 2.45) is 0 Å². The van der Waals surface area contributed by atoms with Crippen LogP contribution in [-0.4, -0.2) is 9.97 Å². The van der Waals surface area contributed by atoms with E-state index in [9.17, 15) is 0 Å². The lowest BCUT2D eigenvalue weighted by Crippen LogP contribution is -1.99. The molecule has 2 aromatic rings. The third kappa shape index (κ3) is 4.09. The van der Waals surface area contributed by atoms with Crippen molar-refractivity contribution in [2.45, 2.75) is 24.0 Å². The van der Waals surface area contributed by atoms with Crippen LogP contribution >= 0.6 is 50.9 Å². The summed E-state index contributed by atoms with van der Waals surface area (Å²) in [5, 5.41) is 1.20. The lowest BCUT2D eigenvalue weighted by molar-refractivity contribution is 0.928. The van der Waals surface area contributed by atoms with Gasteiger partial charge >= 0.3 is 0 Å². The van der Waals surface area contributed by atoms with E-state index in [1.165, 1.54) is 0 Å². The zero-order valence-corrected chi connectivity index (χ0v) is 14.1. The number of halogens is 3. The van der Waals surface area contributed by atoms with Gasteiger partial charge in [-0.25, -0.2) is 9.97 Å². The van der Waals surface area contributed by atoms with Gasteiger partial charge in [0.25, 0.3) is 0 Å². The number of hydrogen-bond donors (Lipinski definition) is 0. The van der Waals surface area contributed by atoms with Crippen molar-refractivity contribution in [2.75, 3.05) is 0 Å². The first-order valence-electron chi connectivity index (χ1n) is 5.69. The van der Waals surface area contributed by atoms with Crippen molar-refractivity contribution in [1.29, 1.82) is 0 Å². The fraction of sp³-hybridized carbons (Fsp3) is 0.231. The fourth-order valence-corrected chi connectivity index (χ4v) is 3.24. The predicted octanol–water partition coefficient (Wildman–Crippen LogP) is 5.40. The third-order valence-corrected chi connectivity index (χ3v) is 4.98. The first-order chi connectivity index (χ1) is 9.10.